The molecule has 2 heterocycles. The molecule has 0 fully saturated rings. The number of carbonyl (C=O) groups excluding carboxylic acids is 1. The number of carbonyl (C=O) groups is 1. The van der Waals surface area contributed by atoms with Crippen LogP contribution in [0.5, 0.6) is 0 Å². The number of halogens is 3. The molecule has 122 valence electrons. The van der Waals surface area contributed by atoms with Gasteiger partial charge in [-0.05, 0) is 13.1 Å². The van der Waals surface area contributed by atoms with Crippen LogP contribution in [0.1, 0.15) is 11.3 Å². The highest BCUT2D eigenvalue weighted by Gasteiger charge is 2.28. The van der Waals surface area contributed by atoms with E-state index in [0.717, 1.165) is 12.6 Å². The van der Waals surface area contributed by atoms with Crippen LogP contribution in [0.3, 0.4) is 0 Å². The Morgan fingerprint density at radius 3 is 2.61 bits per heavy atom. The second-order valence-electron chi connectivity index (χ2n) is 5.47. The Balaban J connectivity index is 2.22. The van der Waals surface area contributed by atoms with Crippen molar-refractivity contribution >= 4 is 6.03 Å². The molecule has 0 unspecified atom stereocenters. The molecule has 1 aromatic heterocycles. The smallest absolute Gasteiger partial charge is 0.339 e. The summed E-state index contributed by atoms with van der Waals surface area (Å²) in [6, 6.07) is 0.804. The minimum Gasteiger partial charge on any atom is -0.339 e. The van der Waals surface area contributed by atoms with Gasteiger partial charge in [-0.2, -0.15) is 9.78 Å². The number of hydrogen-bond donors (Lipinski definition) is 1. The number of fused-ring (bicyclic) bond motifs is 1. The van der Waals surface area contributed by atoms with Crippen molar-refractivity contribution in [2.45, 2.75) is 13.0 Å². The minimum absolute atomic E-state index is 0.155. The molecule has 8 heteroatoms. The molecule has 2 aromatic rings. The monoisotopic (exact) mass is 324 g/mol. The lowest BCUT2D eigenvalue weighted by atomic mass is 10.0. The molecular formula is C15H15F3N4O. The number of likely N-dealkylation sites (N-methyl/N-ethyl adjacent to an activating group) is 1. The average Bonchev–Trinajstić information content (AvgIpc) is 2.88. The largest absolute Gasteiger partial charge is 0.342 e. The summed E-state index contributed by atoms with van der Waals surface area (Å²) < 4.78 is 41.9. The minimum atomic E-state index is -1.26. The Morgan fingerprint density at radius 2 is 1.91 bits per heavy atom. The van der Waals surface area contributed by atoms with Crippen molar-refractivity contribution in [1.29, 1.82) is 0 Å². The number of aromatic nitrogens is 2. The first-order chi connectivity index (χ1) is 10.9. The lowest BCUT2D eigenvalue weighted by molar-refractivity contribution is 0.239. The molecule has 0 saturated heterocycles. The Bertz CT molecular complexity index is 788. The van der Waals surface area contributed by atoms with Crippen molar-refractivity contribution in [3.05, 3.63) is 40.8 Å². The molecule has 1 aromatic carbocycles. The summed E-state index contributed by atoms with van der Waals surface area (Å²) in [6.07, 6.45) is 0.553. The van der Waals surface area contributed by atoms with Gasteiger partial charge >= 0.3 is 6.03 Å². The molecule has 1 aliphatic heterocycles. The zero-order chi connectivity index (χ0) is 16.7. The molecule has 0 spiro atoms. The first-order valence-corrected chi connectivity index (χ1v) is 7.08. The third kappa shape index (κ3) is 2.59. The van der Waals surface area contributed by atoms with E-state index >= 15 is 0 Å². The second-order valence-corrected chi connectivity index (χ2v) is 5.47. The van der Waals surface area contributed by atoms with Crippen molar-refractivity contribution in [3.63, 3.8) is 0 Å². The number of nitrogens with one attached hydrogen (secondary N) is 1. The molecule has 1 amide bonds. The molecule has 0 saturated carbocycles. The molecule has 1 N–H and O–H groups in total. The second kappa shape index (κ2) is 5.69. The van der Waals surface area contributed by atoms with Gasteiger partial charge in [0.15, 0.2) is 11.6 Å². The van der Waals surface area contributed by atoms with E-state index in [1.807, 2.05) is 11.9 Å². The van der Waals surface area contributed by atoms with Crippen LogP contribution in [-0.2, 0) is 13.0 Å². The number of benzene rings is 1. The predicted octanol–water partition coefficient (Wildman–Crippen LogP) is 2.14. The zero-order valence-corrected chi connectivity index (χ0v) is 12.7. The summed E-state index contributed by atoms with van der Waals surface area (Å²) in [5.74, 6) is -3.33. The van der Waals surface area contributed by atoms with Gasteiger partial charge in [-0.15, -0.1) is 0 Å². The number of hydrogen-bond acceptors (Lipinski definition) is 3. The van der Waals surface area contributed by atoms with E-state index in [2.05, 4.69) is 10.4 Å². The summed E-state index contributed by atoms with van der Waals surface area (Å²) in [7, 11) is 3.34. The highest BCUT2D eigenvalue weighted by atomic mass is 19.2. The summed E-state index contributed by atoms with van der Waals surface area (Å²) >= 11 is 0. The van der Waals surface area contributed by atoms with Crippen molar-refractivity contribution < 1.29 is 18.0 Å². The van der Waals surface area contributed by atoms with E-state index in [4.69, 9.17) is 0 Å². The fourth-order valence-electron chi connectivity index (χ4n) is 2.75. The average molecular weight is 324 g/mol. The first kappa shape index (κ1) is 15.5. The summed E-state index contributed by atoms with van der Waals surface area (Å²) in [5, 5.41) is 6.61. The highest BCUT2D eigenvalue weighted by molar-refractivity contribution is 5.79. The highest BCUT2D eigenvalue weighted by Crippen LogP contribution is 2.32. The van der Waals surface area contributed by atoms with E-state index in [0.29, 0.717) is 30.3 Å². The molecule has 0 aliphatic carbocycles. The third-order valence-electron chi connectivity index (χ3n) is 3.92. The van der Waals surface area contributed by atoms with Gasteiger partial charge in [-0.3, -0.25) is 0 Å². The van der Waals surface area contributed by atoms with Crippen molar-refractivity contribution in [1.82, 2.24) is 20.0 Å². The Hall–Kier alpha value is -2.35. The molecule has 0 atom stereocenters. The number of amides is 1. The fraction of sp³-hybridized carbons (Fsp3) is 0.333. The van der Waals surface area contributed by atoms with Crippen LogP contribution in [-0.4, -0.2) is 41.4 Å². The van der Waals surface area contributed by atoms with Gasteiger partial charge in [0.05, 0.1) is 5.69 Å². The quantitative estimate of drug-likeness (QED) is 0.818. The standard InChI is InChI=1S/C15H15F3N4O/c1-19-15(23)22-13-3-4-21(2)7-9(13)14(20-22)8-5-11(17)12(18)6-10(8)16/h5-6H,3-4,7H2,1-2H3,(H,19,23). The van der Waals surface area contributed by atoms with Crippen LogP contribution in [0.2, 0.25) is 0 Å². The summed E-state index contributed by atoms with van der Waals surface area (Å²) in [4.78, 5) is 14.0. The van der Waals surface area contributed by atoms with Gasteiger partial charge < -0.3 is 10.2 Å². The van der Waals surface area contributed by atoms with Crippen LogP contribution < -0.4 is 5.32 Å². The molecule has 5 nitrogen and oxygen atoms in total. The van der Waals surface area contributed by atoms with Crippen LogP contribution in [0, 0.1) is 17.5 Å². The van der Waals surface area contributed by atoms with Crippen molar-refractivity contribution in [3.8, 4) is 11.3 Å². The van der Waals surface area contributed by atoms with Crippen LogP contribution in [0.4, 0.5) is 18.0 Å². The van der Waals surface area contributed by atoms with Crippen LogP contribution in [0.15, 0.2) is 12.1 Å². The third-order valence-corrected chi connectivity index (χ3v) is 3.92. The van der Waals surface area contributed by atoms with Gasteiger partial charge in [0, 0.05) is 43.8 Å². The van der Waals surface area contributed by atoms with Gasteiger partial charge in [-0.1, -0.05) is 0 Å². The van der Waals surface area contributed by atoms with Crippen molar-refractivity contribution in [2.24, 2.45) is 0 Å². The summed E-state index contributed by atoms with van der Waals surface area (Å²) in [6.45, 7) is 1.16. The van der Waals surface area contributed by atoms with E-state index in [1.54, 1.807) is 0 Å². The predicted molar refractivity (Wildman–Crippen MR) is 77.4 cm³/mol. The van der Waals surface area contributed by atoms with Gasteiger partial charge in [-0.25, -0.2) is 18.0 Å². The molecular weight excluding hydrogens is 309 g/mol. The van der Waals surface area contributed by atoms with E-state index in [-0.39, 0.29) is 11.3 Å². The fourth-order valence-corrected chi connectivity index (χ4v) is 2.75. The van der Waals surface area contributed by atoms with E-state index < -0.39 is 23.5 Å². The number of nitrogens with zero attached hydrogens (tertiary/aromatic N) is 3. The molecule has 23 heavy (non-hydrogen) atoms. The van der Waals surface area contributed by atoms with Crippen LogP contribution in [0.25, 0.3) is 11.3 Å². The molecule has 1 aliphatic rings. The maximum Gasteiger partial charge on any atom is 0.342 e. The van der Waals surface area contributed by atoms with Gasteiger partial charge in [0.1, 0.15) is 11.5 Å². The van der Waals surface area contributed by atoms with Crippen LogP contribution >= 0.6 is 0 Å². The Kier molecular flexibility index (Phi) is 3.85. The molecule has 0 radical (unpaired) electrons. The lowest BCUT2D eigenvalue weighted by Gasteiger charge is -2.23. The van der Waals surface area contributed by atoms with Crippen molar-refractivity contribution in [2.75, 3.05) is 20.6 Å². The zero-order valence-electron chi connectivity index (χ0n) is 12.7. The Morgan fingerprint density at radius 1 is 1.22 bits per heavy atom. The Labute approximate surface area is 130 Å². The maximum atomic E-state index is 14.1. The lowest BCUT2D eigenvalue weighted by Crippen LogP contribution is -2.32. The molecule has 3 rings (SSSR count). The SMILES string of the molecule is CNC(=O)n1nc(-c2cc(F)c(F)cc2F)c2c1CCN(C)C2. The van der Waals surface area contributed by atoms with E-state index in [1.165, 1.54) is 11.7 Å². The number of rotatable bonds is 1. The van der Waals surface area contributed by atoms with Gasteiger partial charge in [0.2, 0.25) is 0 Å². The normalized spacial score (nSPS) is 14.7. The topological polar surface area (TPSA) is 50.2 Å². The van der Waals surface area contributed by atoms with E-state index in [9.17, 15) is 18.0 Å². The first-order valence-electron chi connectivity index (χ1n) is 7.08. The maximum absolute atomic E-state index is 14.1. The van der Waals surface area contributed by atoms with Gasteiger partial charge in [0.25, 0.3) is 0 Å². The molecule has 0 bridgehead atoms. The summed E-state index contributed by atoms with van der Waals surface area (Å²) in [5.41, 5.74) is 1.30.